The minimum atomic E-state index is 0.394. The summed E-state index contributed by atoms with van der Waals surface area (Å²) in [5.74, 6) is 0.954. The predicted molar refractivity (Wildman–Crippen MR) is 62.7 cm³/mol. The zero-order valence-electron chi connectivity index (χ0n) is 8.83. The summed E-state index contributed by atoms with van der Waals surface area (Å²) in [7, 11) is 0. The first-order chi connectivity index (χ1) is 6.78. The van der Waals surface area contributed by atoms with Gasteiger partial charge in [-0.05, 0) is 37.3 Å². The van der Waals surface area contributed by atoms with Crippen LogP contribution in [0.4, 0.5) is 0 Å². The molecule has 2 N–H and O–H groups in total. The van der Waals surface area contributed by atoms with E-state index in [1.54, 1.807) is 0 Å². The minimum Gasteiger partial charge on any atom is -0.327 e. The standard InChI is InChI=1S/C12H19NS/c1-2-11-5-6-12(14-11)8-10(13)7-9-3-4-9/h5-6,9-10H,2-4,7-8,13H2,1H3. The van der Waals surface area contributed by atoms with Crippen LogP contribution in [-0.2, 0) is 12.8 Å². The molecule has 1 aliphatic rings. The van der Waals surface area contributed by atoms with Gasteiger partial charge >= 0.3 is 0 Å². The third-order valence-electron chi connectivity index (χ3n) is 2.86. The van der Waals surface area contributed by atoms with Crippen molar-refractivity contribution in [2.45, 2.75) is 45.1 Å². The molecule has 2 heteroatoms. The Hall–Kier alpha value is -0.340. The Morgan fingerprint density at radius 2 is 2.14 bits per heavy atom. The summed E-state index contributed by atoms with van der Waals surface area (Å²) >= 11 is 1.93. The summed E-state index contributed by atoms with van der Waals surface area (Å²) < 4.78 is 0. The molecule has 14 heavy (non-hydrogen) atoms. The van der Waals surface area contributed by atoms with E-state index < -0.39 is 0 Å². The van der Waals surface area contributed by atoms with Gasteiger partial charge in [-0.15, -0.1) is 11.3 Å². The number of aryl methyl sites for hydroxylation is 1. The number of hydrogen-bond donors (Lipinski definition) is 1. The van der Waals surface area contributed by atoms with Crippen molar-refractivity contribution < 1.29 is 0 Å². The fourth-order valence-corrected chi connectivity index (χ4v) is 2.90. The molecule has 1 fully saturated rings. The second-order valence-corrected chi connectivity index (χ2v) is 5.62. The lowest BCUT2D eigenvalue weighted by Crippen LogP contribution is -2.22. The molecule has 0 aromatic carbocycles. The van der Waals surface area contributed by atoms with E-state index in [1.165, 1.54) is 29.0 Å². The predicted octanol–water partition coefficient (Wildman–Crippen LogP) is 2.98. The Bertz CT molecular complexity index is 288. The average Bonchev–Trinajstić information content (AvgIpc) is 2.83. The van der Waals surface area contributed by atoms with E-state index in [0.717, 1.165) is 18.8 Å². The maximum absolute atomic E-state index is 6.10. The molecule has 1 unspecified atom stereocenters. The molecule has 1 aliphatic carbocycles. The van der Waals surface area contributed by atoms with E-state index in [4.69, 9.17) is 5.73 Å². The normalized spacial score (nSPS) is 18.4. The maximum atomic E-state index is 6.10. The Morgan fingerprint density at radius 1 is 1.43 bits per heavy atom. The van der Waals surface area contributed by atoms with E-state index in [0.29, 0.717) is 6.04 Å². The first-order valence-electron chi connectivity index (χ1n) is 5.61. The van der Waals surface area contributed by atoms with Crippen molar-refractivity contribution >= 4 is 11.3 Å². The Labute approximate surface area is 90.3 Å². The van der Waals surface area contributed by atoms with Crippen LogP contribution in [0, 0.1) is 5.92 Å². The van der Waals surface area contributed by atoms with Crippen LogP contribution in [0.5, 0.6) is 0 Å². The van der Waals surface area contributed by atoms with E-state index in [2.05, 4.69) is 19.1 Å². The summed E-state index contributed by atoms with van der Waals surface area (Å²) in [6, 6.07) is 4.88. The average molecular weight is 209 g/mol. The lowest BCUT2D eigenvalue weighted by molar-refractivity contribution is 0.570. The molecule has 1 nitrogen and oxygen atoms in total. The van der Waals surface area contributed by atoms with Crippen LogP contribution < -0.4 is 5.73 Å². The summed E-state index contributed by atoms with van der Waals surface area (Å²) in [5.41, 5.74) is 6.10. The van der Waals surface area contributed by atoms with Crippen molar-refractivity contribution in [1.29, 1.82) is 0 Å². The summed E-state index contributed by atoms with van der Waals surface area (Å²) in [6.07, 6.45) is 6.31. The van der Waals surface area contributed by atoms with Gasteiger partial charge in [-0.25, -0.2) is 0 Å². The topological polar surface area (TPSA) is 26.0 Å². The quantitative estimate of drug-likeness (QED) is 0.792. The summed E-state index contributed by atoms with van der Waals surface area (Å²) in [6.45, 7) is 2.21. The third kappa shape index (κ3) is 2.82. The van der Waals surface area contributed by atoms with Gasteiger partial charge in [0.2, 0.25) is 0 Å². The Morgan fingerprint density at radius 3 is 2.71 bits per heavy atom. The van der Waals surface area contributed by atoms with Gasteiger partial charge in [0.05, 0.1) is 0 Å². The van der Waals surface area contributed by atoms with E-state index in [-0.39, 0.29) is 0 Å². The fourth-order valence-electron chi connectivity index (χ4n) is 1.85. The van der Waals surface area contributed by atoms with Gasteiger partial charge in [0.15, 0.2) is 0 Å². The summed E-state index contributed by atoms with van der Waals surface area (Å²) in [4.78, 5) is 2.95. The summed E-state index contributed by atoms with van der Waals surface area (Å²) in [5, 5.41) is 0. The maximum Gasteiger partial charge on any atom is 0.00898 e. The van der Waals surface area contributed by atoms with Crippen molar-refractivity contribution in [3.8, 4) is 0 Å². The van der Waals surface area contributed by atoms with E-state index in [1.807, 2.05) is 11.3 Å². The van der Waals surface area contributed by atoms with Crippen LogP contribution in [0.25, 0.3) is 0 Å². The van der Waals surface area contributed by atoms with Crippen molar-refractivity contribution in [3.63, 3.8) is 0 Å². The highest BCUT2D eigenvalue weighted by Crippen LogP contribution is 2.34. The molecule has 0 bridgehead atoms. The second-order valence-electron chi connectivity index (χ2n) is 4.36. The molecule has 0 saturated heterocycles. The number of thiophene rings is 1. The van der Waals surface area contributed by atoms with Gasteiger partial charge in [-0.3, -0.25) is 0 Å². The first kappa shape index (κ1) is 10.2. The molecule has 78 valence electrons. The third-order valence-corrected chi connectivity index (χ3v) is 4.11. The van der Waals surface area contributed by atoms with Gasteiger partial charge in [0.25, 0.3) is 0 Å². The Balaban J connectivity index is 1.82. The van der Waals surface area contributed by atoms with Crippen LogP contribution in [-0.4, -0.2) is 6.04 Å². The lowest BCUT2D eigenvalue weighted by Gasteiger charge is -2.08. The van der Waals surface area contributed by atoms with Gasteiger partial charge in [0.1, 0.15) is 0 Å². The molecule has 0 spiro atoms. The molecule has 0 amide bonds. The molecule has 0 aliphatic heterocycles. The van der Waals surface area contributed by atoms with Crippen LogP contribution in [0.1, 0.15) is 35.9 Å². The lowest BCUT2D eigenvalue weighted by atomic mass is 10.1. The van der Waals surface area contributed by atoms with Gasteiger partial charge in [-0.1, -0.05) is 19.8 Å². The van der Waals surface area contributed by atoms with Crippen LogP contribution in [0.15, 0.2) is 12.1 Å². The SMILES string of the molecule is CCc1ccc(CC(N)CC2CC2)s1. The number of rotatable bonds is 5. The highest BCUT2D eigenvalue weighted by atomic mass is 32.1. The van der Waals surface area contributed by atoms with Gasteiger partial charge in [-0.2, -0.15) is 0 Å². The van der Waals surface area contributed by atoms with Crippen molar-refractivity contribution in [2.24, 2.45) is 11.7 Å². The molecular formula is C12H19NS. The van der Waals surface area contributed by atoms with Crippen LogP contribution >= 0.6 is 11.3 Å². The molecule has 0 radical (unpaired) electrons. The smallest absolute Gasteiger partial charge is 0.00898 e. The molecule has 1 atom stereocenters. The van der Waals surface area contributed by atoms with Crippen molar-refractivity contribution in [2.75, 3.05) is 0 Å². The number of nitrogens with two attached hydrogens (primary N) is 1. The van der Waals surface area contributed by atoms with E-state index in [9.17, 15) is 0 Å². The molecule has 1 aromatic heterocycles. The Kier molecular flexibility index (Phi) is 3.24. The highest BCUT2D eigenvalue weighted by molar-refractivity contribution is 7.11. The van der Waals surface area contributed by atoms with Crippen molar-refractivity contribution in [3.05, 3.63) is 21.9 Å². The van der Waals surface area contributed by atoms with E-state index >= 15 is 0 Å². The van der Waals surface area contributed by atoms with Crippen molar-refractivity contribution in [1.82, 2.24) is 0 Å². The largest absolute Gasteiger partial charge is 0.327 e. The monoisotopic (exact) mass is 209 g/mol. The van der Waals surface area contributed by atoms with Gasteiger partial charge < -0.3 is 5.73 Å². The molecular weight excluding hydrogens is 190 g/mol. The molecule has 2 rings (SSSR count). The first-order valence-corrected chi connectivity index (χ1v) is 6.42. The van der Waals surface area contributed by atoms with Crippen LogP contribution in [0.3, 0.4) is 0 Å². The second kappa shape index (κ2) is 4.45. The molecule has 1 heterocycles. The van der Waals surface area contributed by atoms with Crippen LogP contribution in [0.2, 0.25) is 0 Å². The number of hydrogen-bond acceptors (Lipinski definition) is 2. The highest BCUT2D eigenvalue weighted by Gasteiger charge is 2.23. The van der Waals surface area contributed by atoms with Gasteiger partial charge in [0, 0.05) is 15.8 Å². The zero-order chi connectivity index (χ0) is 9.97. The zero-order valence-corrected chi connectivity index (χ0v) is 9.65. The minimum absolute atomic E-state index is 0.394. The fraction of sp³-hybridized carbons (Fsp3) is 0.667. The molecule has 1 aromatic rings. The molecule has 1 saturated carbocycles.